The summed E-state index contributed by atoms with van der Waals surface area (Å²) in [5, 5.41) is 10.1. The van der Waals surface area contributed by atoms with Crippen molar-refractivity contribution in [2.45, 2.75) is 0 Å². The Morgan fingerprint density at radius 3 is 1.43 bits per heavy atom. The maximum absolute atomic E-state index is 2.45. The van der Waals surface area contributed by atoms with Crippen LogP contribution < -0.4 is 0 Å². The van der Waals surface area contributed by atoms with Crippen LogP contribution in [0.3, 0.4) is 0 Å². The molecule has 0 atom stereocenters. The molecule has 0 bridgehead atoms. The predicted octanol–water partition coefficient (Wildman–Crippen LogP) is 11.9. The van der Waals surface area contributed by atoms with Crippen molar-refractivity contribution in [1.82, 2.24) is 9.13 Å². The van der Waals surface area contributed by atoms with Crippen molar-refractivity contribution in [2.75, 3.05) is 0 Å². The molecule has 2 nitrogen and oxygen atoms in total. The van der Waals surface area contributed by atoms with E-state index in [2.05, 4.69) is 179 Å². The summed E-state index contributed by atoms with van der Waals surface area (Å²) in [6.45, 7) is 0. The second-order valence-corrected chi connectivity index (χ2v) is 12.2. The summed E-state index contributed by atoms with van der Waals surface area (Å²) in [5.74, 6) is 0. The molecule has 46 heavy (non-hydrogen) atoms. The molecule has 2 heterocycles. The van der Waals surface area contributed by atoms with Crippen LogP contribution in [0.5, 0.6) is 0 Å². The molecular formula is C44H28N2. The van der Waals surface area contributed by atoms with Crippen molar-refractivity contribution in [3.8, 4) is 22.5 Å². The van der Waals surface area contributed by atoms with Crippen molar-refractivity contribution in [1.29, 1.82) is 0 Å². The van der Waals surface area contributed by atoms with Crippen LogP contribution in [-0.4, -0.2) is 9.13 Å². The van der Waals surface area contributed by atoms with Gasteiger partial charge in [-0.15, -0.1) is 0 Å². The highest BCUT2D eigenvalue weighted by Gasteiger charge is 2.20. The van der Waals surface area contributed by atoms with Gasteiger partial charge in [-0.1, -0.05) is 115 Å². The monoisotopic (exact) mass is 584 g/mol. The van der Waals surface area contributed by atoms with E-state index in [4.69, 9.17) is 0 Å². The first-order valence-corrected chi connectivity index (χ1v) is 15.9. The van der Waals surface area contributed by atoms with E-state index >= 15 is 0 Å². The van der Waals surface area contributed by atoms with Gasteiger partial charge in [-0.3, -0.25) is 0 Å². The molecular weight excluding hydrogens is 556 g/mol. The molecule has 0 aliphatic rings. The number of benzene rings is 8. The zero-order chi connectivity index (χ0) is 30.2. The fraction of sp³-hybridized carbons (Fsp3) is 0. The Labute approximate surface area is 266 Å². The average Bonchev–Trinajstić information content (AvgIpc) is 3.64. The van der Waals surface area contributed by atoms with Gasteiger partial charge in [-0.25, -0.2) is 0 Å². The molecule has 0 N–H and O–H groups in total. The van der Waals surface area contributed by atoms with E-state index in [1.54, 1.807) is 0 Å². The first kappa shape index (κ1) is 25.2. The molecule has 2 heteroatoms. The summed E-state index contributed by atoms with van der Waals surface area (Å²) in [4.78, 5) is 0. The van der Waals surface area contributed by atoms with Gasteiger partial charge in [-0.2, -0.15) is 0 Å². The third kappa shape index (κ3) is 3.65. The van der Waals surface area contributed by atoms with Gasteiger partial charge in [-0.05, 0) is 87.3 Å². The van der Waals surface area contributed by atoms with Crippen molar-refractivity contribution in [3.05, 3.63) is 170 Å². The molecule has 0 saturated heterocycles. The molecule has 0 fully saturated rings. The Kier molecular flexibility index (Phi) is 5.31. The van der Waals surface area contributed by atoms with Gasteiger partial charge >= 0.3 is 0 Å². The number of aromatic nitrogens is 2. The van der Waals surface area contributed by atoms with E-state index < -0.39 is 0 Å². The predicted molar refractivity (Wildman–Crippen MR) is 196 cm³/mol. The molecule has 10 rings (SSSR count). The summed E-state index contributed by atoms with van der Waals surface area (Å²) in [5.41, 5.74) is 9.68. The van der Waals surface area contributed by atoms with Gasteiger partial charge in [0.05, 0.1) is 22.1 Å². The summed E-state index contributed by atoms with van der Waals surface area (Å²) in [6.07, 6.45) is 0. The number of hydrogen-bond donors (Lipinski definition) is 0. The zero-order valence-corrected chi connectivity index (χ0v) is 25.1. The molecule has 0 aliphatic carbocycles. The fourth-order valence-electron chi connectivity index (χ4n) is 7.57. The minimum Gasteiger partial charge on any atom is -0.309 e. The van der Waals surface area contributed by atoms with Crippen LogP contribution in [0.2, 0.25) is 0 Å². The van der Waals surface area contributed by atoms with Crippen molar-refractivity contribution >= 4 is 65.2 Å². The van der Waals surface area contributed by atoms with Gasteiger partial charge in [0.15, 0.2) is 0 Å². The number of hydrogen-bond acceptors (Lipinski definition) is 0. The average molecular weight is 585 g/mol. The maximum atomic E-state index is 2.45. The molecule has 0 radical (unpaired) electrons. The van der Waals surface area contributed by atoms with E-state index in [1.165, 1.54) is 87.7 Å². The highest BCUT2D eigenvalue weighted by Crippen LogP contribution is 2.42. The Morgan fingerprint density at radius 1 is 0.283 bits per heavy atom. The van der Waals surface area contributed by atoms with Crippen molar-refractivity contribution < 1.29 is 0 Å². The summed E-state index contributed by atoms with van der Waals surface area (Å²) < 4.78 is 4.88. The molecule has 2 aromatic heterocycles. The Balaban J connectivity index is 1.27. The van der Waals surface area contributed by atoms with Crippen LogP contribution in [0, 0.1) is 0 Å². The third-order valence-electron chi connectivity index (χ3n) is 9.65. The lowest BCUT2D eigenvalue weighted by atomic mass is 10.0. The maximum Gasteiger partial charge on any atom is 0.0548 e. The molecule has 0 saturated carbocycles. The minimum absolute atomic E-state index is 1.17. The van der Waals surface area contributed by atoms with Gasteiger partial charge in [0.1, 0.15) is 0 Å². The van der Waals surface area contributed by atoms with Gasteiger partial charge in [0, 0.05) is 32.9 Å². The molecule has 0 aliphatic heterocycles. The normalized spacial score (nSPS) is 11.9. The smallest absolute Gasteiger partial charge is 0.0548 e. The lowest BCUT2D eigenvalue weighted by Crippen LogP contribution is -1.95. The highest BCUT2D eigenvalue weighted by molar-refractivity contribution is 6.29. The largest absolute Gasteiger partial charge is 0.309 e. The minimum atomic E-state index is 1.17. The highest BCUT2D eigenvalue weighted by atomic mass is 15.0. The Bertz CT molecular complexity index is 2800. The molecule has 10 aromatic rings. The second kappa shape index (κ2) is 9.69. The number of fused-ring (bicyclic) bond motifs is 9. The fourth-order valence-corrected chi connectivity index (χ4v) is 7.57. The van der Waals surface area contributed by atoms with E-state index in [0.717, 1.165) is 0 Å². The standard InChI is InChI=1S/C44H28N2/c1-2-10-29(11-3-1)33-19-18-31-21-23-36(28-34(31)26-33)46-40-17-9-7-15-38(40)44-42(46)25-24-41-43(44)37-14-6-8-16-39(37)45(41)35-22-20-30-12-4-5-13-32(30)27-35/h1-28H. The van der Waals surface area contributed by atoms with Crippen LogP contribution in [0.15, 0.2) is 170 Å². The molecule has 0 amide bonds. The summed E-state index contributed by atoms with van der Waals surface area (Å²) in [7, 11) is 0. The Morgan fingerprint density at radius 2 is 0.783 bits per heavy atom. The van der Waals surface area contributed by atoms with Gasteiger partial charge in [0.25, 0.3) is 0 Å². The van der Waals surface area contributed by atoms with Crippen molar-refractivity contribution in [3.63, 3.8) is 0 Å². The molecule has 0 unspecified atom stereocenters. The van der Waals surface area contributed by atoms with E-state index in [9.17, 15) is 0 Å². The van der Waals surface area contributed by atoms with E-state index in [-0.39, 0.29) is 0 Å². The molecule has 8 aromatic carbocycles. The van der Waals surface area contributed by atoms with Crippen LogP contribution in [0.25, 0.3) is 87.7 Å². The number of rotatable bonds is 3. The Hall–Kier alpha value is -6.12. The SMILES string of the molecule is c1ccc(-c2ccc3ccc(-n4c5ccccc5c5c6c7ccccc7n(-c7ccc8ccccc8c7)c6ccc54)cc3c2)cc1. The number of nitrogens with zero attached hydrogens (tertiary/aromatic N) is 2. The van der Waals surface area contributed by atoms with Crippen molar-refractivity contribution in [2.24, 2.45) is 0 Å². The summed E-state index contributed by atoms with van der Waals surface area (Å²) in [6, 6.07) is 62.0. The van der Waals surface area contributed by atoms with Crippen LogP contribution >= 0.6 is 0 Å². The third-order valence-corrected chi connectivity index (χ3v) is 9.65. The topological polar surface area (TPSA) is 9.86 Å². The lowest BCUT2D eigenvalue weighted by Gasteiger charge is -2.11. The van der Waals surface area contributed by atoms with E-state index in [1.807, 2.05) is 0 Å². The first-order chi connectivity index (χ1) is 22.8. The van der Waals surface area contributed by atoms with Gasteiger partial charge < -0.3 is 9.13 Å². The zero-order valence-electron chi connectivity index (χ0n) is 25.1. The van der Waals surface area contributed by atoms with Crippen LogP contribution in [0.4, 0.5) is 0 Å². The molecule has 0 spiro atoms. The van der Waals surface area contributed by atoms with E-state index in [0.29, 0.717) is 0 Å². The number of para-hydroxylation sites is 2. The first-order valence-electron chi connectivity index (χ1n) is 15.9. The van der Waals surface area contributed by atoms with Crippen LogP contribution in [-0.2, 0) is 0 Å². The lowest BCUT2D eigenvalue weighted by molar-refractivity contribution is 1.18. The molecule has 214 valence electrons. The summed E-state index contributed by atoms with van der Waals surface area (Å²) >= 11 is 0. The van der Waals surface area contributed by atoms with Crippen LogP contribution in [0.1, 0.15) is 0 Å². The second-order valence-electron chi connectivity index (χ2n) is 12.2. The van der Waals surface area contributed by atoms with Gasteiger partial charge in [0.2, 0.25) is 0 Å². The quantitative estimate of drug-likeness (QED) is 0.195.